The van der Waals surface area contributed by atoms with Gasteiger partial charge in [0.25, 0.3) is 5.91 Å². The highest BCUT2D eigenvalue weighted by Gasteiger charge is 2.35. The Kier molecular flexibility index (Phi) is 6.39. The molecule has 0 aliphatic carbocycles. The van der Waals surface area contributed by atoms with Crippen molar-refractivity contribution in [3.8, 4) is 0 Å². The van der Waals surface area contributed by atoms with Crippen molar-refractivity contribution in [3.05, 3.63) is 27.3 Å². The second-order valence-electron chi connectivity index (χ2n) is 6.34. The van der Waals surface area contributed by atoms with Crippen LogP contribution in [0.25, 0.3) is 6.08 Å². The van der Waals surface area contributed by atoms with Crippen molar-refractivity contribution >= 4 is 67.4 Å². The van der Waals surface area contributed by atoms with Crippen molar-refractivity contribution < 1.29 is 18.0 Å². The molecule has 0 radical (unpaired) electrons. The number of hydrogen-bond acceptors (Lipinski definition) is 7. The maximum absolute atomic E-state index is 12.6. The van der Waals surface area contributed by atoms with E-state index in [2.05, 4.69) is 0 Å². The van der Waals surface area contributed by atoms with Gasteiger partial charge in [-0.25, -0.2) is 8.42 Å². The Morgan fingerprint density at radius 3 is 2.85 bits per heavy atom. The van der Waals surface area contributed by atoms with Gasteiger partial charge >= 0.3 is 0 Å². The third kappa shape index (κ3) is 4.79. The number of amides is 2. The first-order valence-electron chi connectivity index (χ1n) is 8.59. The van der Waals surface area contributed by atoms with Crippen LogP contribution in [0.2, 0.25) is 0 Å². The summed E-state index contributed by atoms with van der Waals surface area (Å²) in [6.45, 7) is 2.50. The van der Waals surface area contributed by atoms with Gasteiger partial charge in [-0.3, -0.25) is 14.5 Å². The van der Waals surface area contributed by atoms with Gasteiger partial charge in [0.2, 0.25) is 5.91 Å². The van der Waals surface area contributed by atoms with E-state index in [0.717, 1.165) is 4.88 Å². The van der Waals surface area contributed by atoms with Gasteiger partial charge < -0.3 is 4.90 Å². The van der Waals surface area contributed by atoms with Crippen molar-refractivity contribution in [3.63, 3.8) is 0 Å². The summed E-state index contributed by atoms with van der Waals surface area (Å²) in [5.41, 5.74) is 0. The number of sulfone groups is 1. The molecule has 3 heterocycles. The lowest BCUT2D eigenvalue weighted by Gasteiger charge is -2.27. The minimum absolute atomic E-state index is 0.0250. The van der Waals surface area contributed by atoms with Gasteiger partial charge in [0.1, 0.15) is 4.32 Å². The van der Waals surface area contributed by atoms with Crippen LogP contribution in [0.4, 0.5) is 0 Å². The van der Waals surface area contributed by atoms with E-state index in [1.807, 2.05) is 30.5 Å². The van der Waals surface area contributed by atoms with Gasteiger partial charge in [0.15, 0.2) is 9.84 Å². The molecule has 10 heteroatoms. The van der Waals surface area contributed by atoms with Gasteiger partial charge in [0.05, 0.1) is 16.4 Å². The Morgan fingerprint density at radius 2 is 2.26 bits per heavy atom. The van der Waals surface area contributed by atoms with Crippen molar-refractivity contribution in [2.24, 2.45) is 0 Å². The Morgan fingerprint density at radius 1 is 1.48 bits per heavy atom. The van der Waals surface area contributed by atoms with Crippen LogP contribution in [-0.2, 0) is 19.4 Å². The number of thiocarbonyl (C=S) groups is 1. The van der Waals surface area contributed by atoms with Crippen LogP contribution < -0.4 is 0 Å². The van der Waals surface area contributed by atoms with E-state index in [4.69, 9.17) is 12.2 Å². The average molecular weight is 445 g/mol. The van der Waals surface area contributed by atoms with Gasteiger partial charge in [0, 0.05) is 30.4 Å². The Bertz CT molecular complexity index is 877. The minimum atomic E-state index is -3.05. The zero-order valence-corrected chi connectivity index (χ0v) is 18.1. The maximum atomic E-state index is 12.6. The van der Waals surface area contributed by atoms with Crippen LogP contribution in [0, 0.1) is 0 Å². The molecule has 2 fully saturated rings. The molecule has 0 aromatic carbocycles. The smallest absolute Gasteiger partial charge is 0.266 e. The summed E-state index contributed by atoms with van der Waals surface area (Å²) in [4.78, 5) is 29.8. The fourth-order valence-corrected chi connectivity index (χ4v) is 6.97. The number of thioether (sulfide) groups is 1. The summed E-state index contributed by atoms with van der Waals surface area (Å²) < 4.78 is 23.8. The highest BCUT2D eigenvalue weighted by atomic mass is 32.2. The second-order valence-corrected chi connectivity index (χ2v) is 11.2. The summed E-state index contributed by atoms with van der Waals surface area (Å²) in [6.07, 6.45) is 2.42. The van der Waals surface area contributed by atoms with Crippen LogP contribution in [0.3, 0.4) is 0 Å². The topological polar surface area (TPSA) is 74.8 Å². The van der Waals surface area contributed by atoms with Gasteiger partial charge in [-0.1, -0.05) is 30.0 Å². The Balaban J connectivity index is 1.61. The van der Waals surface area contributed by atoms with Gasteiger partial charge in [-0.05, 0) is 30.9 Å². The number of nitrogens with zero attached hydrogens (tertiary/aromatic N) is 2. The number of carbonyl (C=O) groups is 2. The third-order valence-electron chi connectivity index (χ3n) is 4.55. The van der Waals surface area contributed by atoms with E-state index >= 15 is 0 Å². The number of thiophene rings is 1. The molecule has 1 unspecified atom stereocenters. The Labute approximate surface area is 172 Å². The molecule has 1 aromatic heterocycles. The first-order chi connectivity index (χ1) is 12.8. The van der Waals surface area contributed by atoms with Crippen LogP contribution >= 0.6 is 35.3 Å². The second kappa shape index (κ2) is 8.42. The highest BCUT2D eigenvalue weighted by molar-refractivity contribution is 8.26. The first kappa shape index (κ1) is 20.5. The van der Waals surface area contributed by atoms with E-state index in [1.165, 1.54) is 28.0 Å². The monoisotopic (exact) mass is 444 g/mol. The molecule has 2 aliphatic heterocycles. The van der Waals surface area contributed by atoms with E-state index in [-0.39, 0.29) is 42.3 Å². The Hall–Kier alpha value is -1.23. The predicted octanol–water partition coefficient (Wildman–Crippen LogP) is 2.38. The molecule has 2 amide bonds. The standard InChI is InChI=1S/C17H20N2O4S4/c1-2-18(12-6-9-27(22,23)11-12)15(20)5-7-19-16(21)14(26-17(19)24)10-13-4-3-8-25-13/h3-4,8,10,12H,2,5-7,9,11H2,1H3/b14-10+. The van der Waals surface area contributed by atoms with E-state index in [9.17, 15) is 18.0 Å². The molecule has 2 aliphatic rings. The van der Waals surface area contributed by atoms with Crippen LogP contribution in [-0.4, -0.2) is 65.0 Å². The van der Waals surface area contributed by atoms with Crippen LogP contribution in [0.1, 0.15) is 24.6 Å². The molecular formula is C17H20N2O4S4. The summed E-state index contributed by atoms with van der Waals surface area (Å²) in [6, 6.07) is 3.57. The van der Waals surface area contributed by atoms with E-state index < -0.39 is 9.84 Å². The molecule has 0 bridgehead atoms. The summed E-state index contributed by atoms with van der Waals surface area (Å²) in [7, 11) is -3.05. The van der Waals surface area contributed by atoms with E-state index in [1.54, 1.807) is 4.90 Å². The average Bonchev–Trinajstić information content (AvgIpc) is 3.29. The van der Waals surface area contributed by atoms with Crippen molar-refractivity contribution in [1.82, 2.24) is 9.80 Å². The summed E-state index contributed by atoms with van der Waals surface area (Å²) in [5, 5.41) is 1.94. The number of rotatable bonds is 6. The fraction of sp³-hybridized carbons (Fsp3) is 0.471. The van der Waals surface area contributed by atoms with Crippen LogP contribution in [0.15, 0.2) is 22.4 Å². The van der Waals surface area contributed by atoms with Gasteiger partial charge in [-0.2, -0.15) is 0 Å². The molecule has 0 saturated carbocycles. The lowest BCUT2D eigenvalue weighted by atomic mass is 10.2. The van der Waals surface area contributed by atoms with Crippen molar-refractivity contribution in [2.45, 2.75) is 25.8 Å². The fourth-order valence-electron chi connectivity index (χ4n) is 3.21. The molecule has 2 saturated heterocycles. The van der Waals surface area contributed by atoms with Crippen molar-refractivity contribution in [1.29, 1.82) is 0 Å². The molecular weight excluding hydrogens is 424 g/mol. The van der Waals surface area contributed by atoms with E-state index in [0.29, 0.717) is 22.2 Å². The molecule has 146 valence electrons. The molecule has 6 nitrogen and oxygen atoms in total. The molecule has 1 aromatic rings. The first-order valence-corrected chi connectivity index (χ1v) is 12.5. The third-order valence-corrected chi connectivity index (χ3v) is 8.50. The lowest BCUT2D eigenvalue weighted by molar-refractivity contribution is -0.133. The predicted molar refractivity (Wildman–Crippen MR) is 113 cm³/mol. The minimum Gasteiger partial charge on any atom is -0.339 e. The van der Waals surface area contributed by atoms with Gasteiger partial charge in [-0.15, -0.1) is 11.3 Å². The quantitative estimate of drug-likeness (QED) is 0.495. The normalized spacial score (nSPS) is 23.4. The molecule has 3 rings (SSSR count). The lowest BCUT2D eigenvalue weighted by Crippen LogP contribution is -2.42. The summed E-state index contributed by atoms with van der Waals surface area (Å²) in [5.74, 6) is -0.172. The SMILES string of the molecule is CCN(C(=O)CCN1C(=O)/C(=C\c2cccs2)SC1=S)C1CCS(=O)(=O)C1. The number of hydrogen-bond donors (Lipinski definition) is 0. The van der Waals surface area contributed by atoms with Crippen molar-refractivity contribution in [2.75, 3.05) is 24.6 Å². The largest absolute Gasteiger partial charge is 0.339 e. The molecule has 27 heavy (non-hydrogen) atoms. The molecule has 0 spiro atoms. The van der Waals surface area contributed by atoms with Crippen LogP contribution in [0.5, 0.6) is 0 Å². The highest BCUT2D eigenvalue weighted by Crippen LogP contribution is 2.33. The zero-order valence-electron chi connectivity index (χ0n) is 14.8. The molecule has 0 N–H and O–H groups in total. The zero-order chi connectivity index (χ0) is 19.6. The maximum Gasteiger partial charge on any atom is 0.266 e. The number of carbonyl (C=O) groups excluding carboxylic acids is 2. The summed E-state index contributed by atoms with van der Waals surface area (Å²) >= 11 is 8.08. The molecule has 1 atom stereocenters.